The first-order valence-corrected chi connectivity index (χ1v) is 12.6. The second-order valence-corrected chi connectivity index (χ2v) is 9.58. The van der Waals surface area contributed by atoms with E-state index in [0.717, 1.165) is 25.9 Å². The van der Waals surface area contributed by atoms with Crippen LogP contribution in [0.3, 0.4) is 0 Å². The van der Waals surface area contributed by atoms with Crippen molar-refractivity contribution in [2.45, 2.75) is 44.4 Å². The van der Waals surface area contributed by atoms with E-state index in [4.69, 9.17) is 0 Å². The van der Waals surface area contributed by atoms with Crippen molar-refractivity contribution in [3.8, 4) is 11.1 Å². The van der Waals surface area contributed by atoms with Gasteiger partial charge in [0.15, 0.2) is 0 Å². The van der Waals surface area contributed by atoms with Crippen molar-refractivity contribution in [2.24, 2.45) is 0 Å². The first-order valence-electron chi connectivity index (χ1n) is 12.6. The Hall–Kier alpha value is -3.10. The first kappa shape index (κ1) is 20.5. The van der Waals surface area contributed by atoms with Gasteiger partial charge < -0.3 is 10.3 Å². The summed E-state index contributed by atoms with van der Waals surface area (Å²) < 4.78 is 0. The highest BCUT2D eigenvalue weighted by Crippen LogP contribution is 2.30. The van der Waals surface area contributed by atoms with Crippen LogP contribution in [0.25, 0.3) is 34.2 Å². The van der Waals surface area contributed by atoms with E-state index in [2.05, 4.69) is 89.3 Å². The average Bonchev–Trinajstić information content (AvgIpc) is 3.29. The van der Waals surface area contributed by atoms with Crippen molar-refractivity contribution in [3.63, 3.8) is 0 Å². The quantitative estimate of drug-likeness (QED) is 0.374. The van der Waals surface area contributed by atoms with Crippen LogP contribution in [-0.2, 0) is 12.8 Å². The number of rotatable bonds is 7. The molecule has 2 nitrogen and oxygen atoms in total. The van der Waals surface area contributed by atoms with Gasteiger partial charge in [0.05, 0.1) is 0 Å². The summed E-state index contributed by atoms with van der Waals surface area (Å²) in [5.74, 6) is 0.691. The Morgan fingerprint density at radius 3 is 2.76 bits per heavy atom. The summed E-state index contributed by atoms with van der Waals surface area (Å²) in [7, 11) is 0. The Morgan fingerprint density at radius 1 is 0.848 bits per heavy atom. The van der Waals surface area contributed by atoms with E-state index in [1.165, 1.54) is 69.3 Å². The van der Waals surface area contributed by atoms with E-state index in [9.17, 15) is 0 Å². The van der Waals surface area contributed by atoms with Gasteiger partial charge in [0, 0.05) is 17.1 Å². The van der Waals surface area contributed by atoms with E-state index < -0.39 is 0 Å². The number of hydrogen-bond donors (Lipinski definition) is 2. The largest absolute Gasteiger partial charge is 0.361 e. The summed E-state index contributed by atoms with van der Waals surface area (Å²) in [5.41, 5.74) is 8.53. The number of hydrogen-bond acceptors (Lipinski definition) is 1. The predicted molar refractivity (Wildman–Crippen MR) is 140 cm³/mol. The maximum absolute atomic E-state index is 3.68. The fraction of sp³-hybridized carbons (Fsp3) is 0.290. The molecule has 2 N–H and O–H groups in total. The Bertz CT molecular complexity index is 1410. The van der Waals surface area contributed by atoms with Crippen LogP contribution in [0, 0.1) is 0 Å². The van der Waals surface area contributed by atoms with Crippen molar-refractivity contribution in [1.29, 1.82) is 0 Å². The third kappa shape index (κ3) is 3.94. The minimum absolute atomic E-state index is 0.691. The van der Waals surface area contributed by atoms with Gasteiger partial charge in [-0.3, -0.25) is 0 Å². The fourth-order valence-corrected chi connectivity index (χ4v) is 5.91. The highest BCUT2D eigenvalue weighted by molar-refractivity contribution is 5.83. The second kappa shape index (κ2) is 9.03. The first-order chi connectivity index (χ1) is 16.4. The highest BCUT2D eigenvalue weighted by Gasteiger charge is 2.19. The summed E-state index contributed by atoms with van der Waals surface area (Å²) in [4.78, 5) is 3.39. The zero-order valence-electron chi connectivity index (χ0n) is 19.2. The van der Waals surface area contributed by atoms with Crippen LogP contribution in [0.2, 0.25) is 0 Å². The molecule has 0 bridgehead atoms. The van der Waals surface area contributed by atoms with Crippen molar-refractivity contribution in [1.82, 2.24) is 10.3 Å². The lowest BCUT2D eigenvalue weighted by Crippen LogP contribution is -2.35. The summed E-state index contributed by atoms with van der Waals surface area (Å²) in [6, 6.07) is 22.3. The lowest BCUT2D eigenvalue weighted by molar-refractivity contribution is 0.528. The van der Waals surface area contributed by atoms with Crippen molar-refractivity contribution in [3.05, 3.63) is 94.0 Å². The monoisotopic (exact) mass is 432 g/mol. The van der Waals surface area contributed by atoms with Gasteiger partial charge in [-0.05, 0) is 102 Å². The molecule has 2 aliphatic carbocycles. The van der Waals surface area contributed by atoms with E-state index in [1.807, 2.05) is 0 Å². The molecule has 0 saturated heterocycles. The number of aromatic nitrogens is 1. The molecule has 1 aromatic heterocycles. The molecule has 1 heterocycles. The zero-order valence-corrected chi connectivity index (χ0v) is 19.2. The molecular formula is C31H32N2. The van der Waals surface area contributed by atoms with Gasteiger partial charge in [-0.25, -0.2) is 0 Å². The van der Waals surface area contributed by atoms with Gasteiger partial charge in [-0.15, -0.1) is 0 Å². The van der Waals surface area contributed by atoms with E-state index >= 15 is 0 Å². The molecule has 3 aromatic carbocycles. The molecule has 1 unspecified atom stereocenters. The van der Waals surface area contributed by atoms with Crippen LogP contribution in [0.4, 0.5) is 0 Å². The molecule has 1 atom stereocenters. The van der Waals surface area contributed by atoms with Gasteiger partial charge in [-0.2, -0.15) is 0 Å². The van der Waals surface area contributed by atoms with Crippen LogP contribution in [0.15, 0.2) is 66.9 Å². The maximum Gasteiger partial charge on any atom is 0.0456 e. The average molecular weight is 433 g/mol. The minimum Gasteiger partial charge on any atom is -0.361 e. The number of aromatic amines is 1. The molecule has 33 heavy (non-hydrogen) atoms. The Balaban J connectivity index is 1.08. The van der Waals surface area contributed by atoms with Gasteiger partial charge >= 0.3 is 0 Å². The lowest BCUT2D eigenvalue weighted by atomic mass is 9.81. The van der Waals surface area contributed by atoms with Crippen molar-refractivity contribution >= 4 is 23.1 Å². The fourth-order valence-electron chi connectivity index (χ4n) is 5.91. The molecule has 0 radical (unpaired) electrons. The molecule has 0 fully saturated rings. The number of nitrogens with one attached hydrogen (secondary N) is 2. The summed E-state index contributed by atoms with van der Waals surface area (Å²) in [6.45, 7) is 2.14. The van der Waals surface area contributed by atoms with Gasteiger partial charge in [0.1, 0.15) is 0 Å². The molecule has 166 valence electrons. The van der Waals surface area contributed by atoms with E-state index in [0.29, 0.717) is 5.92 Å². The van der Waals surface area contributed by atoms with Crippen LogP contribution in [-0.4, -0.2) is 18.1 Å². The summed E-state index contributed by atoms with van der Waals surface area (Å²) in [5, 5.41) is 8.04. The molecule has 4 aromatic rings. The molecule has 0 spiro atoms. The minimum atomic E-state index is 0.691. The molecular weight excluding hydrogens is 400 g/mol. The molecule has 0 amide bonds. The van der Waals surface area contributed by atoms with Gasteiger partial charge in [-0.1, -0.05) is 66.7 Å². The Kier molecular flexibility index (Phi) is 5.61. The number of benzene rings is 3. The standard InChI is InChI=1S/C31H32N2/c1-2-10-25-23(7-1)14-15-30-28-12-5-8-22(26(28)16-17-29(25)30)9-6-19-32-20-18-24-21-33-31-13-4-3-11-27(24)31/h1-4,7,10-13,15-17,21-22,32-33H,5-6,8-9,14,18-20H2. The third-order valence-corrected chi connectivity index (χ3v) is 7.61. The molecule has 0 aliphatic heterocycles. The van der Waals surface area contributed by atoms with E-state index in [1.54, 1.807) is 5.56 Å². The van der Waals surface area contributed by atoms with Crippen LogP contribution in [0.1, 0.15) is 48.3 Å². The van der Waals surface area contributed by atoms with Crippen LogP contribution >= 0.6 is 0 Å². The maximum atomic E-state index is 3.68. The molecule has 2 heteroatoms. The van der Waals surface area contributed by atoms with Crippen LogP contribution < -0.4 is 15.8 Å². The zero-order chi connectivity index (χ0) is 22.0. The van der Waals surface area contributed by atoms with E-state index in [-0.39, 0.29) is 0 Å². The van der Waals surface area contributed by atoms with Crippen LogP contribution in [0.5, 0.6) is 0 Å². The molecule has 6 rings (SSSR count). The molecule has 0 saturated carbocycles. The van der Waals surface area contributed by atoms with Crippen molar-refractivity contribution in [2.75, 3.05) is 13.1 Å². The number of para-hydroxylation sites is 1. The summed E-state index contributed by atoms with van der Waals surface area (Å²) in [6.07, 6.45) is 14.3. The van der Waals surface area contributed by atoms with Crippen molar-refractivity contribution < 1.29 is 0 Å². The Morgan fingerprint density at radius 2 is 1.76 bits per heavy atom. The topological polar surface area (TPSA) is 27.8 Å². The predicted octanol–water partition coefficient (Wildman–Crippen LogP) is 5.44. The Labute approximate surface area is 196 Å². The lowest BCUT2D eigenvalue weighted by Gasteiger charge is -2.24. The number of H-pyrrole nitrogens is 1. The normalized spacial score (nSPS) is 16.4. The highest BCUT2D eigenvalue weighted by atomic mass is 14.8. The SMILES string of the molecule is C1=c2c(ccc3c2=CCCC3CCCNCCc2c[nH]c3ccccc23)-c2ccccc2C1. The summed E-state index contributed by atoms with van der Waals surface area (Å²) >= 11 is 0. The number of fused-ring (bicyclic) bond motifs is 6. The van der Waals surface area contributed by atoms with Gasteiger partial charge in [0.2, 0.25) is 0 Å². The smallest absolute Gasteiger partial charge is 0.0456 e. The van der Waals surface area contributed by atoms with Gasteiger partial charge in [0.25, 0.3) is 0 Å². The third-order valence-electron chi connectivity index (χ3n) is 7.61. The second-order valence-electron chi connectivity index (χ2n) is 9.58. The molecule has 2 aliphatic rings.